The number of amides is 1. The number of carbonyl (C=O) groups excluding carboxylic acids is 1. The van der Waals surface area contributed by atoms with Crippen LogP contribution in [-0.2, 0) is 0 Å². The molecular formula is C15H14N2O2S. The molecule has 1 N–H and O–H groups in total. The van der Waals surface area contributed by atoms with E-state index in [1.807, 2.05) is 31.2 Å². The number of thiazole rings is 1. The largest absolute Gasteiger partial charge is 0.497 e. The summed E-state index contributed by atoms with van der Waals surface area (Å²) in [6, 6.07) is 7.56. The highest BCUT2D eigenvalue weighted by molar-refractivity contribution is 7.17. The van der Waals surface area contributed by atoms with Crippen molar-refractivity contribution in [2.45, 2.75) is 6.92 Å². The molecule has 0 atom stereocenters. The number of ether oxygens (including phenoxy) is 1. The van der Waals surface area contributed by atoms with E-state index in [-0.39, 0.29) is 12.5 Å². The van der Waals surface area contributed by atoms with E-state index >= 15 is 0 Å². The minimum absolute atomic E-state index is 0.183. The Labute approximate surface area is 121 Å². The number of nitrogens with zero attached hydrogens (tertiary/aromatic N) is 1. The van der Waals surface area contributed by atoms with E-state index in [1.54, 1.807) is 7.11 Å². The van der Waals surface area contributed by atoms with Gasteiger partial charge in [0.2, 0.25) is 0 Å². The van der Waals surface area contributed by atoms with Crippen molar-refractivity contribution < 1.29 is 9.53 Å². The molecule has 0 bridgehead atoms. The Morgan fingerprint density at radius 2 is 2.15 bits per heavy atom. The molecule has 0 aliphatic carbocycles. The van der Waals surface area contributed by atoms with Gasteiger partial charge in [-0.2, -0.15) is 0 Å². The molecule has 1 aromatic heterocycles. The molecule has 0 saturated heterocycles. The lowest BCUT2D eigenvalue weighted by Gasteiger charge is -2.00. The summed E-state index contributed by atoms with van der Waals surface area (Å²) in [4.78, 5) is 16.9. The molecule has 2 aromatic rings. The standard InChI is InChI=1S/C15H14N2O2S/c1-4-9-16-14(18)13-10(2)17-15(20-13)11-5-7-12(19-3)8-6-11/h1,5-8H,9H2,2-3H3,(H,16,18). The van der Waals surface area contributed by atoms with Crippen molar-refractivity contribution in [3.05, 3.63) is 34.8 Å². The van der Waals surface area contributed by atoms with Crippen molar-refractivity contribution in [3.8, 4) is 28.7 Å². The first-order valence-electron chi connectivity index (χ1n) is 5.99. The van der Waals surface area contributed by atoms with Gasteiger partial charge in [-0.3, -0.25) is 4.79 Å². The molecule has 0 aliphatic rings. The van der Waals surface area contributed by atoms with Crippen molar-refractivity contribution in [3.63, 3.8) is 0 Å². The highest BCUT2D eigenvalue weighted by Crippen LogP contribution is 2.29. The van der Waals surface area contributed by atoms with Crippen molar-refractivity contribution in [2.24, 2.45) is 0 Å². The van der Waals surface area contributed by atoms with Crippen LogP contribution in [0.3, 0.4) is 0 Å². The molecule has 4 nitrogen and oxygen atoms in total. The van der Waals surface area contributed by atoms with E-state index in [0.717, 1.165) is 16.3 Å². The van der Waals surface area contributed by atoms with E-state index in [2.05, 4.69) is 16.2 Å². The Morgan fingerprint density at radius 3 is 2.75 bits per heavy atom. The number of rotatable bonds is 4. The molecule has 5 heteroatoms. The van der Waals surface area contributed by atoms with E-state index < -0.39 is 0 Å². The molecular weight excluding hydrogens is 272 g/mol. The van der Waals surface area contributed by atoms with Crippen LogP contribution in [0.25, 0.3) is 10.6 Å². The highest BCUT2D eigenvalue weighted by atomic mass is 32.1. The summed E-state index contributed by atoms with van der Waals surface area (Å²) in [5.41, 5.74) is 1.66. The van der Waals surface area contributed by atoms with Crippen molar-refractivity contribution in [1.82, 2.24) is 10.3 Å². The summed E-state index contributed by atoms with van der Waals surface area (Å²) in [7, 11) is 1.62. The van der Waals surface area contributed by atoms with Crippen LogP contribution in [0.1, 0.15) is 15.4 Å². The molecule has 0 saturated carbocycles. The van der Waals surface area contributed by atoms with Crippen LogP contribution >= 0.6 is 11.3 Å². The van der Waals surface area contributed by atoms with E-state index in [9.17, 15) is 4.79 Å². The fourth-order valence-electron chi connectivity index (χ4n) is 1.68. The lowest BCUT2D eigenvalue weighted by atomic mass is 10.2. The number of nitrogens with one attached hydrogen (secondary N) is 1. The molecule has 0 unspecified atom stereocenters. The Hall–Kier alpha value is -2.32. The zero-order chi connectivity index (χ0) is 14.5. The second-order valence-corrected chi connectivity index (χ2v) is 5.05. The van der Waals surface area contributed by atoms with Gasteiger partial charge < -0.3 is 10.1 Å². The molecule has 1 heterocycles. The Morgan fingerprint density at radius 1 is 1.45 bits per heavy atom. The number of benzene rings is 1. The van der Waals surface area contributed by atoms with Crippen molar-refractivity contribution in [1.29, 1.82) is 0 Å². The average Bonchev–Trinajstić information content (AvgIpc) is 2.87. The van der Waals surface area contributed by atoms with E-state index in [4.69, 9.17) is 11.2 Å². The predicted molar refractivity (Wildman–Crippen MR) is 80.0 cm³/mol. The minimum atomic E-state index is -0.183. The third-order valence-electron chi connectivity index (χ3n) is 2.69. The van der Waals surface area contributed by atoms with Gasteiger partial charge in [0.15, 0.2) is 0 Å². The maximum Gasteiger partial charge on any atom is 0.264 e. The summed E-state index contributed by atoms with van der Waals surface area (Å²) in [5, 5.41) is 3.45. The van der Waals surface area contributed by atoms with Crippen LogP contribution in [0, 0.1) is 19.3 Å². The molecule has 0 aliphatic heterocycles. The zero-order valence-corrected chi connectivity index (χ0v) is 12.1. The zero-order valence-electron chi connectivity index (χ0n) is 11.3. The average molecular weight is 286 g/mol. The molecule has 0 fully saturated rings. The first-order valence-corrected chi connectivity index (χ1v) is 6.81. The van der Waals surface area contributed by atoms with Crippen LogP contribution < -0.4 is 10.1 Å². The Bertz CT molecular complexity index is 654. The summed E-state index contributed by atoms with van der Waals surface area (Å²) < 4.78 is 5.12. The maximum absolute atomic E-state index is 11.9. The smallest absolute Gasteiger partial charge is 0.264 e. The highest BCUT2D eigenvalue weighted by Gasteiger charge is 2.15. The summed E-state index contributed by atoms with van der Waals surface area (Å²) in [6.45, 7) is 2.03. The van der Waals surface area contributed by atoms with E-state index in [0.29, 0.717) is 10.6 Å². The van der Waals surface area contributed by atoms with Crippen LogP contribution in [0.15, 0.2) is 24.3 Å². The number of carbonyl (C=O) groups is 1. The predicted octanol–water partition coefficient (Wildman–Crippen LogP) is 2.49. The van der Waals surface area contributed by atoms with Gasteiger partial charge in [-0.1, -0.05) is 5.92 Å². The summed E-state index contributed by atoms with van der Waals surface area (Å²) >= 11 is 1.35. The second-order valence-electron chi connectivity index (χ2n) is 4.05. The third kappa shape index (κ3) is 2.98. The number of hydrogen-bond donors (Lipinski definition) is 1. The third-order valence-corrected chi connectivity index (χ3v) is 3.90. The van der Waals surface area contributed by atoms with Gasteiger partial charge in [-0.25, -0.2) is 4.98 Å². The van der Waals surface area contributed by atoms with Crippen molar-refractivity contribution in [2.75, 3.05) is 13.7 Å². The molecule has 0 spiro atoms. The Balaban J connectivity index is 2.26. The van der Waals surface area contributed by atoms with Gasteiger partial charge >= 0.3 is 0 Å². The summed E-state index contributed by atoms with van der Waals surface area (Å²) in [6.07, 6.45) is 5.13. The van der Waals surface area contributed by atoms with Gasteiger partial charge in [0.1, 0.15) is 15.6 Å². The van der Waals surface area contributed by atoms with Gasteiger partial charge in [-0.15, -0.1) is 17.8 Å². The first kappa shape index (κ1) is 14.1. The molecule has 1 aromatic carbocycles. The molecule has 2 rings (SSSR count). The fraction of sp³-hybridized carbons (Fsp3) is 0.200. The van der Waals surface area contributed by atoms with Crippen molar-refractivity contribution >= 4 is 17.2 Å². The van der Waals surface area contributed by atoms with Crippen LogP contribution in [0.4, 0.5) is 0 Å². The quantitative estimate of drug-likeness (QED) is 0.879. The van der Waals surface area contributed by atoms with Crippen LogP contribution in [0.2, 0.25) is 0 Å². The van der Waals surface area contributed by atoms with Gasteiger partial charge in [0, 0.05) is 5.56 Å². The number of hydrogen-bond acceptors (Lipinski definition) is 4. The maximum atomic E-state index is 11.9. The number of aryl methyl sites for hydroxylation is 1. The fourth-order valence-corrected chi connectivity index (χ4v) is 2.66. The van der Waals surface area contributed by atoms with Gasteiger partial charge in [0.05, 0.1) is 19.3 Å². The molecule has 1 amide bonds. The normalized spacial score (nSPS) is 9.85. The molecule has 20 heavy (non-hydrogen) atoms. The molecule has 102 valence electrons. The lowest BCUT2D eigenvalue weighted by Crippen LogP contribution is -2.23. The minimum Gasteiger partial charge on any atom is -0.497 e. The SMILES string of the molecule is C#CCNC(=O)c1sc(-c2ccc(OC)cc2)nc1C. The second kappa shape index (κ2) is 6.22. The van der Waals surface area contributed by atoms with Crippen LogP contribution in [0.5, 0.6) is 5.75 Å². The number of aromatic nitrogens is 1. The molecule has 0 radical (unpaired) electrons. The van der Waals surface area contributed by atoms with Gasteiger partial charge in [0.25, 0.3) is 5.91 Å². The van der Waals surface area contributed by atoms with E-state index in [1.165, 1.54) is 11.3 Å². The van der Waals surface area contributed by atoms with Crippen LogP contribution in [-0.4, -0.2) is 24.5 Å². The lowest BCUT2D eigenvalue weighted by molar-refractivity contribution is 0.0962. The first-order chi connectivity index (χ1) is 9.65. The Kier molecular flexibility index (Phi) is 4.38. The van der Waals surface area contributed by atoms with Gasteiger partial charge in [-0.05, 0) is 31.2 Å². The topological polar surface area (TPSA) is 51.2 Å². The summed E-state index contributed by atoms with van der Waals surface area (Å²) in [5.74, 6) is 2.98. The number of methoxy groups -OCH3 is 1. The number of terminal acetylenes is 1. The monoisotopic (exact) mass is 286 g/mol.